The molecule has 216 valence electrons. The number of nitrogens with one attached hydrogen (secondary N) is 6. The zero-order valence-electron chi connectivity index (χ0n) is 22.1. The molecule has 0 aromatic carbocycles. The summed E-state index contributed by atoms with van der Waals surface area (Å²) >= 11 is 14.6. The lowest BCUT2D eigenvalue weighted by atomic mass is 9.70. The highest BCUT2D eigenvalue weighted by atomic mass is 35.5. The normalized spacial score (nSPS) is 45.6. The number of alkyl halides is 2. The largest absolute Gasteiger partial charge is 0.380 e. The lowest BCUT2D eigenvalue weighted by molar-refractivity contribution is -0.134. The standard InChI is InChI=1S/C24H41Cl2N7O4S/c1-11-4-12(13-5-19(26)28-8-17(13)36-2)14(7-27-11)22(34)30-24-29-16-9-33(10-18(16)38-24)23(35)21-15(25)6-20(37-3)31-32-21/h11-21,24,27-29,31-32H,4-10H2,1-3H3,(H,30,34). The number of thioether (sulfide) groups is 1. The first-order valence-electron chi connectivity index (χ1n) is 13.6. The number of fused-ring (bicyclic) bond motifs is 1. The molecule has 14 heteroatoms. The van der Waals surface area contributed by atoms with Crippen molar-refractivity contribution < 1.29 is 19.1 Å². The van der Waals surface area contributed by atoms with Crippen molar-refractivity contribution in [3.8, 4) is 0 Å². The van der Waals surface area contributed by atoms with Gasteiger partial charge in [0.15, 0.2) is 0 Å². The van der Waals surface area contributed by atoms with Crippen molar-refractivity contribution in [1.82, 2.24) is 37.0 Å². The fourth-order valence-electron chi connectivity index (χ4n) is 6.69. The predicted molar refractivity (Wildman–Crippen MR) is 148 cm³/mol. The van der Waals surface area contributed by atoms with Crippen molar-refractivity contribution in [2.75, 3.05) is 40.4 Å². The molecule has 0 saturated carbocycles. The molecule has 5 heterocycles. The average Bonchev–Trinajstić information content (AvgIpc) is 3.47. The molecule has 12 atom stereocenters. The third-order valence-corrected chi connectivity index (χ3v) is 10.9. The van der Waals surface area contributed by atoms with Gasteiger partial charge in [0.2, 0.25) is 11.8 Å². The molecule has 5 aliphatic heterocycles. The summed E-state index contributed by atoms with van der Waals surface area (Å²) in [5, 5.41) is 13.4. The summed E-state index contributed by atoms with van der Waals surface area (Å²) in [6, 6.07) is -0.0428. The zero-order valence-corrected chi connectivity index (χ0v) is 24.5. The van der Waals surface area contributed by atoms with E-state index in [4.69, 9.17) is 32.7 Å². The van der Waals surface area contributed by atoms with E-state index in [0.29, 0.717) is 38.6 Å². The molecular weight excluding hydrogens is 553 g/mol. The highest BCUT2D eigenvalue weighted by molar-refractivity contribution is 8.00. The van der Waals surface area contributed by atoms with Crippen LogP contribution < -0.4 is 32.1 Å². The minimum Gasteiger partial charge on any atom is -0.380 e. The monoisotopic (exact) mass is 593 g/mol. The van der Waals surface area contributed by atoms with Crippen molar-refractivity contribution >= 4 is 46.8 Å². The molecule has 0 aromatic heterocycles. The molecule has 6 N–H and O–H groups in total. The third-order valence-electron chi connectivity index (χ3n) is 8.79. The molecule has 5 fully saturated rings. The number of carbonyl (C=O) groups excluding carboxylic acids is 2. The van der Waals surface area contributed by atoms with Crippen molar-refractivity contribution in [1.29, 1.82) is 0 Å². The summed E-state index contributed by atoms with van der Waals surface area (Å²) in [5.41, 5.74) is 5.74. The molecule has 0 spiro atoms. The van der Waals surface area contributed by atoms with E-state index in [1.54, 1.807) is 26.0 Å². The van der Waals surface area contributed by atoms with Crippen LogP contribution in [0.25, 0.3) is 0 Å². The smallest absolute Gasteiger partial charge is 0.242 e. The van der Waals surface area contributed by atoms with Crippen LogP contribution in [0, 0.1) is 17.8 Å². The minimum atomic E-state index is -0.501. The quantitative estimate of drug-likeness (QED) is 0.178. The summed E-state index contributed by atoms with van der Waals surface area (Å²) < 4.78 is 11.1. The Balaban J connectivity index is 1.15. The van der Waals surface area contributed by atoms with E-state index in [0.717, 1.165) is 12.8 Å². The topological polar surface area (TPSA) is 128 Å². The van der Waals surface area contributed by atoms with Gasteiger partial charge in [-0.25, -0.2) is 10.9 Å². The number of piperidine rings is 2. The summed E-state index contributed by atoms with van der Waals surface area (Å²) in [6.45, 7) is 4.72. The number of hydrogen-bond acceptors (Lipinski definition) is 10. The molecule has 38 heavy (non-hydrogen) atoms. The van der Waals surface area contributed by atoms with E-state index >= 15 is 0 Å². The fraction of sp³-hybridized carbons (Fsp3) is 0.917. The van der Waals surface area contributed by atoms with Crippen LogP contribution in [-0.4, -0.2) is 109 Å². The summed E-state index contributed by atoms with van der Waals surface area (Å²) in [4.78, 5) is 28.6. The third kappa shape index (κ3) is 6.24. The molecule has 5 rings (SSSR count). The molecular formula is C24H41Cl2N7O4S. The first-order valence-corrected chi connectivity index (χ1v) is 15.4. The van der Waals surface area contributed by atoms with Crippen LogP contribution in [-0.2, 0) is 19.1 Å². The molecule has 0 aromatic rings. The Morgan fingerprint density at radius 3 is 2.53 bits per heavy atom. The minimum absolute atomic E-state index is 0.0121. The molecule has 12 unspecified atom stereocenters. The van der Waals surface area contributed by atoms with Gasteiger partial charge >= 0.3 is 0 Å². The SMILES string of the molecule is COC1CC(Cl)C(C(=O)N2CC3NC(NC(=O)C4CNC(C)CC4C4CC(Cl)NCC4OC)SC3C2)NN1. The van der Waals surface area contributed by atoms with E-state index in [1.807, 2.05) is 4.90 Å². The second-order valence-electron chi connectivity index (χ2n) is 11.2. The number of amides is 2. The van der Waals surface area contributed by atoms with Gasteiger partial charge in [-0.15, -0.1) is 35.0 Å². The predicted octanol–water partition coefficient (Wildman–Crippen LogP) is -0.448. The fourth-order valence-corrected chi connectivity index (χ4v) is 8.72. The Morgan fingerprint density at radius 1 is 1.00 bits per heavy atom. The summed E-state index contributed by atoms with van der Waals surface area (Å²) in [5.74, 6) is 0.304. The maximum atomic E-state index is 13.6. The van der Waals surface area contributed by atoms with E-state index in [1.165, 1.54) is 0 Å². The van der Waals surface area contributed by atoms with Crippen LogP contribution in [0.4, 0.5) is 0 Å². The molecule has 5 aliphatic rings. The number of rotatable bonds is 6. The van der Waals surface area contributed by atoms with Gasteiger partial charge in [-0.2, -0.15) is 0 Å². The Kier molecular flexibility index (Phi) is 9.67. The van der Waals surface area contributed by atoms with Gasteiger partial charge in [0.05, 0.1) is 22.9 Å². The number of carbonyl (C=O) groups is 2. The van der Waals surface area contributed by atoms with Crippen LogP contribution >= 0.6 is 35.0 Å². The highest BCUT2D eigenvalue weighted by Crippen LogP contribution is 2.38. The van der Waals surface area contributed by atoms with E-state index in [-0.39, 0.29) is 69.6 Å². The Labute approximate surface area is 238 Å². The van der Waals surface area contributed by atoms with Gasteiger partial charge in [0.25, 0.3) is 0 Å². The second-order valence-corrected chi connectivity index (χ2v) is 13.6. The second kappa shape index (κ2) is 12.6. The number of halogens is 2. The summed E-state index contributed by atoms with van der Waals surface area (Å²) in [7, 11) is 3.35. The number of hydrazine groups is 1. The van der Waals surface area contributed by atoms with Crippen LogP contribution in [0.2, 0.25) is 0 Å². The Morgan fingerprint density at radius 2 is 1.82 bits per heavy atom. The van der Waals surface area contributed by atoms with Gasteiger partial charge in [-0.05, 0) is 31.6 Å². The maximum Gasteiger partial charge on any atom is 0.242 e. The molecule has 11 nitrogen and oxygen atoms in total. The van der Waals surface area contributed by atoms with Crippen LogP contribution in [0.1, 0.15) is 26.2 Å². The highest BCUT2D eigenvalue weighted by Gasteiger charge is 2.48. The van der Waals surface area contributed by atoms with Gasteiger partial charge in [-0.3, -0.25) is 20.2 Å². The van der Waals surface area contributed by atoms with Gasteiger partial charge in [0, 0.05) is 64.2 Å². The number of hydrogen-bond donors (Lipinski definition) is 6. The van der Waals surface area contributed by atoms with Crippen LogP contribution in [0.3, 0.4) is 0 Å². The first-order chi connectivity index (χ1) is 18.3. The Hall–Kier alpha value is -0.410. The van der Waals surface area contributed by atoms with Gasteiger partial charge < -0.3 is 25.0 Å². The van der Waals surface area contributed by atoms with Crippen molar-refractivity contribution in [3.63, 3.8) is 0 Å². The molecule has 0 aliphatic carbocycles. The van der Waals surface area contributed by atoms with Gasteiger partial charge in [-0.1, -0.05) is 0 Å². The van der Waals surface area contributed by atoms with Crippen LogP contribution in [0.15, 0.2) is 0 Å². The average molecular weight is 595 g/mol. The zero-order chi connectivity index (χ0) is 27.0. The van der Waals surface area contributed by atoms with Crippen molar-refractivity contribution in [3.05, 3.63) is 0 Å². The Bertz CT molecular complexity index is 851. The van der Waals surface area contributed by atoms with Crippen LogP contribution in [0.5, 0.6) is 0 Å². The number of likely N-dealkylation sites (tertiary alicyclic amines) is 1. The lowest BCUT2D eigenvalue weighted by Crippen LogP contribution is -2.63. The van der Waals surface area contributed by atoms with E-state index in [9.17, 15) is 9.59 Å². The molecule has 2 amide bonds. The van der Waals surface area contributed by atoms with Crippen molar-refractivity contribution in [2.45, 2.75) is 78.3 Å². The van der Waals surface area contributed by atoms with Gasteiger partial charge in [0.1, 0.15) is 17.8 Å². The molecule has 0 bridgehead atoms. The number of nitrogens with zero attached hydrogens (tertiary/aromatic N) is 1. The number of methoxy groups -OCH3 is 2. The molecule has 5 saturated heterocycles. The van der Waals surface area contributed by atoms with E-state index in [2.05, 4.69) is 39.0 Å². The first kappa shape index (κ1) is 29.1. The van der Waals surface area contributed by atoms with Crippen molar-refractivity contribution in [2.24, 2.45) is 17.8 Å². The summed E-state index contributed by atoms with van der Waals surface area (Å²) in [6.07, 6.45) is 2.07. The molecule has 0 radical (unpaired) electrons. The lowest BCUT2D eigenvalue weighted by Gasteiger charge is -2.45. The maximum absolute atomic E-state index is 13.6. The van der Waals surface area contributed by atoms with E-state index < -0.39 is 6.04 Å². The number of ether oxygens (including phenoxy) is 2.